The fourth-order valence-electron chi connectivity index (χ4n) is 2.75. The molecule has 0 atom stereocenters. The Morgan fingerprint density at radius 3 is 2.32 bits per heavy atom. The van der Waals surface area contributed by atoms with E-state index in [1.807, 2.05) is 68.4 Å². The third-order valence-electron chi connectivity index (χ3n) is 4.01. The van der Waals surface area contributed by atoms with Gasteiger partial charge in [0.25, 0.3) is 0 Å². The second-order valence-electron chi connectivity index (χ2n) is 6.41. The zero-order valence-electron chi connectivity index (χ0n) is 15.9. The van der Waals surface area contributed by atoms with Crippen molar-refractivity contribution in [1.29, 1.82) is 0 Å². The Morgan fingerprint density at radius 1 is 0.857 bits per heavy atom. The molecule has 4 rings (SSSR count). The summed E-state index contributed by atoms with van der Waals surface area (Å²) in [5, 5.41) is 13.0. The van der Waals surface area contributed by atoms with Crippen molar-refractivity contribution in [3.8, 4) is 34.5 Å². The first-order chi connectivity index (χ1) is 13.6. The van der Waals surface area contributed by atoms with Gasteiger partial charge in [0.15, 0.2) is 23.0 Å². The molecule has 0 bridgehead atoms. The number of nitrogens with zero attached hydrogens (tertiary/aromatic N) is 4. The lowest BCUT2D eigenvalue weighted by Gasteiger charge is -2.14. The average Bonchev–Trinajstić information content (AvgIpc) is 3.12. The van der Waals surface area contributed by atoms with Crippen LogP contribution >= 0.6 is 0 Å². The van der Waals surface area contributed by atoms with Crippen molar-refractivity contribution in [3.63, 3.8) is 0 Å². The van der Waals surface area contributed by atoms with E-state index in [4.69, 9.17) is 14.2 Å². The highest BCUT2D eigenvalue weighted by Crippen LogP contribution is 2.31. The van der Waals surface area contributed by atoms with Crippen molar-refractivity contribution < 1.29 is 14.2 Å². The Labute approximate surface area is 162 Å². The lowest BCUT2D eigenvalue weighted by molar-refractivity contribution is 0.232. The Balaban J connectivity index is 1.68. The maximum Gasteiger partial charge on any atom is 0.237 e. The van der Waals surface area contributed by atoms with E-state index in [1.54, 1.807) is 17.7 Å². The number of fused-ring (bicyclic) bond motifs is 1. The molecule has 2 aromatic carbocycles. The van der Waals surface area contributed by atoms with Crippen LogP contribution in [0.4, 0.5) is 0 Å². The monoisotopic (exact) mass is 376 g/mol. The third-order valence-corrected chi connectivity index (χ3v) is 4.01. The molecule has 2 heterocycles. The van der Waals surface area contributed by atoms with Gasteiger partial charge in [-0.15, -0.1) is 15.3 Å². The lowest BCUT2D eigenvalue weighted by Crippen LogP contribution is -2.06. The van der Waals surface area contributed by atoms with E-state index in [0.717, 1.165) is 11.3 Å². The van der Waals surface area contributed by atoms with Crippen LogP contribution in [0.1, 0.15) is 13.8 Å². The van der Waals surface area contributed by atoms with Gasteiger partial charge in [0.2, 0.25) is 5.88 Å². The standard InChI is InChI=1S/C21H20N4O3/c1-14(2)27-17-6-4-5-7-18(17)28-20-13-12-19-22-23-21(25(19)24-20)15-8-10-16(26-3)11-9-15/h4-14H,1-3H3. The molecule has 7 heteroatoms. The van der Waals surface area contributed by atoms with Crippen molar-refractivity contribution >= 4 is 5.65 Å². The lowest BCUT2D eigenvalue weighted by atomic mass is 10.2. The van der Waals surface area contributed by atoms with Gasteiger partial charge in [0.05, 0.1) is 13.2 Å². The molecular weight excluding hydrogens is 356 g/mol. The Morgan fingerprint density at radius 2 is 1.61 bits per heavy atom. The summed E-state index contributed by atoms with van der Waals surface area (Å²) in [7, 11) is 1.63. The molecule has 7 nitrogen and oxygen atoms in total. The molecule has 0 saturated heterocycles. The van der Waals surface area contributed by atoms with Crippen LogP contribution in [0.15, 0.2) is 60.7 Å². The van der Waals surface area contributed by atoms with E-state index in [-0.39, 0.29) is 6.10 Å². The number of ether oxygens (including phenoxy) is 3. The summed E-state index contributed by atoms with van der Waals surface area (Å²) in [6, 6.07) is 18.7. The van der Waals surface area contributed by atoms with Gasteiger partial charge in [-0.1, -0.05) is 12.1 Å². The topological polar surface area (TPSA) is 70.8 Å². The van der Waals surface area contributed by atoms with Gasteiger partial charge in [-0.3, -0.25) is 0 Å². The minimum atomic E-state index is 0.0414. The second-order valence-corrected chi connectivity index (χ2v) is 6.41. The maximum absolute atomic E-state index is 5.98. The van der Waals surface area contributed by atoms with E-state index < -0.39 is 0 Å². The highest BCUT2D eigenvalue weighted by molar-refractivity contribution is 5.59. The van der Waals surface area contributed by atoms with E-state index in [2.05, 4.69) is 15.3 Å². The number of benzene rings is 2. The van der Waals surface area contributed by atoms with Gasteiger partial charge in [0, 0.05) is 11.6 Å². The SMILES string of the molecule is COc1ccc(-c2nnc3ccc(Oc4ccccc4OC(C)C)nn23)cc1. The third kappa shape index (κ3) is 3.59. The summed E-state index contributed by atoms with van der Waals surface area (Å²) in [6.07, 6.45) is 0.0414. The van der Waals surface area contributed by atoms with Crippen LogP contribution in [-0.2, 0) is 0 Å². The molecule has 0 radical (unpaired) electrons. The van der Waals surface area contributed by atoms with Gasteiger partial charge in [-0.25, -0.2) is 0 Å². The van der Waals surface area contributed by atoms with Crippen molar-refractivity contribution in [2.75, 3.05) is 7.11 Å². The Kier molecular flexibility index (Phi) is 4.80. The molecule has 0 fully saturated rings. The van der Waals surface area contributed by atoms with Gasteiger partial charge >= 0.3 is 0 Å². The van der Waals surface area contributed by atoms with Gasteiger partial charge < -0.3 is 14.2 Å². The van der Waals surface area contributed by atoms with E-state index in [0.29, 0.717) is 28.9 Å². The summed E-state index contributed by atoms with van der Waals surface area (Å²) in [6.45, 7) is 3.94. The van der Waals surface area contributed by atoms with Crippen LogP contribution in [0.25, 0.3) is 17.0 Å². The predicted molar refractivity (Wildman–Crippen MR) is 105 cm³/mol. The van der Waals surface area contributed by atoms with E-state index >= 15 is 0 Å². The van der Waals surface area contributed by atoms with Crippen LogP contribution in [-0.4, -0.2) is 33.0 Å². The molecule has 0 N–H and O–H groups in total. The van der Waals surface area contributed by atoms with Crippen molar-refractivity contribution in [3.05, 3.63) is 60.7 Å². The summed E-state index contributed by atoms with van der Waals surface area (Å²) < 4.78 is 18.7. The predicted octanol–water partition coefficient (Wildman–Crippen LogP) is 4.38. The molecule has 0 saturated carbocycles. The zero-order chi connectivity index (χ0) is 19.5. The Bertz CT molecular complexity index is 1090. The highest BCUT2D eigenvalue weighted by atomic mass is 16.5. The molecule has 0 aliphatic heterocycles. The second kappa shape index (κ2) is 7.56. The van der Waals surface area contributed by atoms with Crippen LogP contribution in [0.2, 0.25) is 0 Å². The molecule has 0 aliphatic carbocycles. The van der Waals surface area contributed by atoms with Gasteiger partial charge in [-0.05, 0) is 56.3 Å². The smallest absolute Gasteiger partial charge is 0.237 e. The fraction of sp³-hybridized carbons (Fsp3) is 0.190. The molecule has 142 valence electrons. The first-order valence-electron chi connectivity index (χ1n) is 8.94. The molecule has 0 aliphatic rings. The van der Waals surface area contributed by atoms with Crippen LogP contribution in [0.5, 0.6) is 23.1 Å². The molecule has 0 spiro atoms. The van der Waals surface area contributed by atoms with Gasteiger partial charge in [-0.2, -0.15) is 4.52 Å². The van der Waals surface area contributed by atoms with E-state index in [9.17, 15) is 0 Å². The zero-order valence-corrected chi connectivity index (χ0v) is 15.9. The number of rotatable bonds is 6. The summed E-state index contributed by atoms with van der Waals surface area (Å²) >= 11 is 0. The number of methoxy groups -OCH3 is 1. The first-order valence-corrected chi connectivity index (χ1v) is 8.94. The minimum Gasteiger partial charge on any atom is -0.497 e. The summed E-state index contributed by atoms with van der Waals surface area (Å²) in [5.74, 6) is 3.08. The van der Waals surface area contributed by atoms with Crippen molar-refractivity contribution in [2.45, 2.75) is 20.0 Å². The quantitative estimate of drug-likeness (QED) is 0.497. The number of hydrogen-bond acceptors (Lipinski definition) is 6. The van der Waals surface area contributed by atoms with Crippen molar-refractivity contribution in [2.24, 2.45) is 0 Å². The molecule has 0 amide bonds. The maximum atomic E-state index is 5.98. The minimum absolute atomic E-state index is 0.0414. The number of aromatic nitrogens is 4. The molecule has 2 aromatic heterocycles. The fourth-order valence-corrected chi connectivity index (χ4v) is 2.75. The molecule has 4 aromatic rings. The highest BCUT2D eigenvalue weighted by Gasteiger charge is 2.13. The van der Waals surface area contributed by atoms with Crippen LogP contribution in [0, 0.1) is 0 Å². The van der Waals surface area contributed by atoms with E-state index in [1.165, 1.54) is 0 Å². The normalized spacial score (nSPS) is 11.0. The molecule has 0 unspecified atom stereocenters. The largest absolute Gasteiger partial charge is 0.497 e. The number of hydrogen-bond donors (Lipinski definition) is 0. The summed E-state index contributed by atoms with van der Waals surface area (Å²) in [5.41, 5.74) is 1.51. The Hall–Kier alpha value is -3.61. The molecular formula is C21H20N4O3. The van der Waals surface area contributed by atoms with Crippen LogP contribution in [0.3, 0.4) is 0 Å². The summed E-state index contributed by atoms with van der Waals surface area (Å²) in [4.78, 5) is 0. The van der Waals surface area contributed by atoms with Crippen LogP contribution < -0.4 is 14.2 Å². The first kappa shape index (κ1) is 17.8. The van der Waals surface area contributed by atoms with Gasteiger partial charge in [0.1, 0.15) is 5.75 Å². The molecule has 28 heavy (non-hydrogen) atoms. The van der Waals surface area contributed by atoms with Crippen molar-refractivity contribution in [1.82, 2.24) is 19.8 Å². The average molecular weight is 376 g/mol. The number of para-hydroxylation sites is 2.